The normalized spacial score (nSPS) is 12.2. The molecular formula is C44H36. The Kier molecular flexibility index (Phi) is 8.15. The van der Waals surface area contributed by atoms with Gasteiger partial charge in [0.15, 0.2) is 0 Å². The van der Waals surface area contributed by atoms with Gasteiger partial charge in [0.05, 0.1) is 0 Å². The molecule has 2 aliphatic rings. The maximum Gasteiger partial charge on any atom is -0.0120 e. The van der Waals surface area contributed by atoms with Crippen molar-refractivity contribution in [1.82, 2.24) is 0 Å². The Hall–Kier alpha value is -5.20. The smallest absolute Gasteiger partial charge is 0.0120 e. The highest BCUT2D eigenvalue weighted by molar-refractivity contribution is 5.91. The zero-order chi connectivity index (χ0) is 29.6. The molecule has 0 atom stereocenters. The van der Waals surface area contributed by atoms with Crippen LogP contribution in [-0.4, -0.2) is 0 Å². The van der Waals surface area contributed by atoms with E-state index in [0.717, 1.165) is 0 Å². The number of aryl methyl sites for hydroxylation is 4. The fourth-order valence-corrected chi connectivity index (χ4v) is 6.64. The number of rotatable bonds is 0. The molecule has 0 saturated carbocycles. The van der Waals surface area contributed by atoms with E-state index in [2.05, 4.69) is 170 Å². The van der Waals surface area contributed by atoms with Gasteiger partial charge in [0.25, 0.3) is 0 Å². The van der Waals surface area contributed by atoms with Crippen LogP contribution in [0.3, 0.4) is 0 Å². The quantitative estimate of drug-likeness (QED) is 0.172. The fraction of sp³-hybridized carbons (Fsp3) is 0.0909. The van der Waals surface area contributed by atoms with Gasteiger partial charge in [0.2, 0.25) is 0 Å². The van der Waals surface area contributed by atoms with Gasteiger partial charge >= 0.3 is 0 Å². The second-order valence-corrected chi connectivity index (χ2v) is 11.6. The summed E-state index contributed by atoms with van der Waals surface area (Å²) < 4.78 is 0. The Labute approximate surface area is 260 Å². The summed E-state index contributed by atoms with van der Waals surface area (Å²) >= 11 is 0. The predicted molar refractivity (Wildman–Crippen MR) is 191 cm³/mol. The Bertz CT molecular complexity index is 1820. The van der Waals surface area contributed by atoms with Gasteiger partial charge in [-0.2, -0.15) is 0 Å². The van der Waals surface area contributed by atoms with Gasteiger partial charge in [-0.1, -0.05) is 170 Å². The second kappa shape index (κ2) is 13.0. The van der Waals surface area contributed by atoms with Crippen LogP contribution in [0.15, 0.2) is 170 Å². The molecular weight excluding hydrogens is 528 g/mol. The maximum absolute atomic E-state index is 2.25. The molecule has 10 rings (SSSR count). The first-order chi connectivity index (χ1) is 21.8. The zero-order valence-corrected chi connectivity index (χ0v) is 25.0. The van der Waals surface area contributed by atoms with Gasteiger partial charge in [-0.3, -0.25) is 0 Å². The summed E-state index contributed by atoms with van der Waals surface area (Å²) in [5.74, 6) is 0. The van der Waals surface area contributed by atoms with E-state index in [0.29, 0.717) is 0 Å². The van der Waals surface area contributed by atoms with Crippen molar-refractivity contribution in [3.63, 3.8) is 0 Å². The second-order valence-electron chi connectivity index (χ2n) is 11.6. The highest BCUT2D eigenvalue weighted by atomic mass is 14.2. The molecule has 2 aliphatic carbocycles. The number of hydrogen-bond acceptors (Lipinski definition) is 0. The van der Waals surface area contributed by atoms with E-state index in [4.69, 9.17) is 0 Å². The van der Waals surface area contributed by atoms with E-state index in [1.165, 1.54) is 91.0 Å². The first kappa shape index (κ1) is 27.6. The molecule has 0 spiro atoms. The van der Waals surface area contributed by atoms with Crippen molar-refractivity contribution in [3.05, 3.63) is 192 Å². The van der Waals surface area contributed by atoms with Crippen molar-refractivity contribution < 1.29 is 0 Å². The third-order valence-electron chi connectivity index (χ3n) is 8.80. The van der Waals surface area contributed by atoms with Crippen LogP contribution in [0.5, 0.6) is 0 Å². The molecule has 0 heterocycles. The summed E-state index contributed by atoms with van der Waals surface area (Å²) in [5, 5.41) is 11.1. The Morgan fingerprint density at radius 1 is 0.205 bits per heavy atom. The first-order valence-electron chi connectivity index (χ1n) is 15.7. The summed E-state index contributed by atoms with van der Waals surface area (Å²) in [6, 6.07) is 59.9. The van der Waals surface area contributed by atoms with Gasteiger partial charge in [0.1, 0.15) is 0 Å². The number of benzene rings is 8. The van der Waals surface area contributed by atoms with Crippen LogP contribution >= 0.6 is 0 Å². The summed E-state index contributed by atoms with van der Waals surface area (Å²) in [6.45, 7) is 0. The Balaban J connectivity index is 0.0000000951. The molecule has 0 N–H and O–H groups in total. The van der Waals surface area contributed by atoms with Crippen LogP contribution in [0.4, 0.5) is 0 Å². The van der Waals surface area contributed by atoms with Crippen LogP contribution in [0.2, 0.25) is 0 Å². The predicted octanol–water partition coefficient (Wildman–Crippen LogP) is 11.6. The lowest BCUT2D eigenvalue weighted by molar-refractivity contribution is 1.02. The van der Waals surface area contributed by atoms with Gasteiger partial charge < -0.3 is 0 Å². The molecule has 0 nitrogen and oxygen atoms in total. The molecule has 212 valence electrons. The van der Waals surface area contributed by atoms with E-state index in [1.807, 2.05) is 0 Å². The van der Waals surface area contributed by atoms with E-state index < -0.39 is 0 Å². The van der Waals surface area contributed by atoms with Gasteiger partial charge in [0, 0.05) is 0 Å². The Morgan fingerprint density at radius 3 is 0.636 bits per heavy atom. The van der Waals surface area contributed by atoms with Crippen LogP contribution in [-0.2, 0) is 25.7 Å². The molecule has 8 aromatic carbocycles. The Morgan fingerprint density at radius 2 is 0.409 bits per heavy atom. The molecule has 0 aromatic heterocycles. The van der Waals surface area contributed by atoms with Crippen molar-refractivity contribution in [1.29, 1.82) is 0 Å². The highest BCUT2D eigenvalue weighted by Gasteiger charge is 2.13. The largest absolute Gasteiger partial charge is 0.0616 e. The standard InChI is InChI=1S/2C12H10.2C10H8/c2*1-3-9-4-2-6-11-8-7-10(5-1)12(9)11;2*1-2-6-10-8-4-3-7-9(10)5-1/h2*1-6H,7-8H2;2*1-8H. The third kappa shape index (κ3) is 5.98. The zero-order valence-electron chi connectivity index (χ0n) is 25.0. The van der Waals surface area contributed by atoms with Crippen molar-refractivity contribution in [2.45, 2.75) is 25.7 Å². The van der Waals surface area contributed by atoms with Crippen LogP contribution < -0.4 is 0 Å². The summed E-state index contributed by atoms with van der Waals surface area (Å²) in [6.07, 6.45) is 4.93. The molecule has 0 unspecified atom stereocenters. The molecule has 0 amide bonds. The molecule has 44 heavy (non-hydrogen) atoms. The summed E-state index contributed by atoms with van der Waals surface area (Å²) in [4.78, 5) is 0. The van der Waals surface area contributed by atoms with Crippen LogP contribution in [0, 0.1) is 0 Å². The molecule has 0 saturated heterocycles. The van der Waals surface area contributed by atoms with Crippen molar-refractivity contribution in [2.24, 2.45) is 0 Å². The number of hydrogen-bond donors (Lipinski definition) is 0. The average Bonchev–Trinajstić information content (AvgIpc) is 3.73. The molecule has 8 aromatic rings. The fourth-order valence-electron chi connectivity index (χ4n) is 6.64. The van der Waals surface area contributed by atoms with Crippen molar-refractivity contribution in [3.8, 4) is 0 Å². The monoisotopic (exact) mass is 564 g/mol. The van der Waals surface area contributed by atoms with E-state index in [1.54, 1.807) is 0 Å². The minimum absolute atomic E-state index is 1.23. The summed E-state index contributed by atoms with van der Waals surface area (Å²) in [5.41, 5.74) is 6.12. The minimum Gasteiger partial charge on any atom is -0.0616 e. The molecule has 0 radical (unpaired) electrons. The topological polar surface area (TPSA) is 0 Å². The van der Waals surface area contributed by atoms with Crippen molar-refractivity contribution in [2.75, 3.05) is 0 Å². The lowest BCUT2D eigenvalue weighted by Gasteiger charge is -1.99. The SMILES string of the molecule is c1cc2c3c(cccc3c1)CC2.c1cc2c3c(cccc3c1)CC2.c1ccc2ccccc2c1.c1ccc2ccccc2c1. The maximum atomic E-state index is 2.25. The lowest BCUT2D eigenvalue weighted by atomic mass is 10.1. The van der Waals surface area contributed by atoms with Crippen LogP contribution in [0.1, 0.15) is 22.3 Å². The summed E-state index contributed by atoms with van der Waals surface area (Å²) in [7, 11) is 0. The molecule has 0 bridgehead atoms. The van der Waals surface area contributed by atoms with E-state index in [9.17, 15) is 0 Å². The molecule has 0 heteroatoms. The third-order valence-corrected chi connectivity index (χ3v) is 8.80. The molecule has 0 fully saturated rings. The van der Waals surface area contributed by atoms with E-state index >= 15 is 0 Å². The first-order valence-corrected chi connectivity index (χ1v) is 15.7. The minimum atomic E-state index is 1.23. The van der Waals surface area contributed by atoms with Gasteiger partial charge in [-0.25, -0.2) is 0 Å². The van der Waals surface area contributed by atoms with Gasteiger partial charge in [-0.05, 0) is 91.0 Å². The molecule has 0 aliphatic heterocycles. The van der Waals surface area contributed by atoms with E-state index in [-0.39, 0.29) is 0 Å². The van der Waals surface area contributed by atoms with Gasteiger partial charge in [-0.15, -0.1) is 0 Å². The highest BCUT2D eigenvalue weighted by Crippen LogP contribution is 2.31. The van der Waals surface area contributed by atoms with Crippen molar-refractivity contribution >= 4 is 43.1 Å². The average molecular weight is 565 g/mol. The number of fused-ring (bicyclic) bond motifs is 2. The lowest BCUT2D eigenvalue weighted by Crippen LogP contribution is -1.76. The van der Waals surface area contributed by atoms with Crippen LogP contribution in [0.25, 0.3) is 43.1 Å².